The molecule has 1 amide bonds. The molecule has 0 aliphatic carbocycles. The molecule has 0 unspecified atom stereocenters. The van der Waals surface area contributed by atoms with Gasteiger partial charge in [0.2, 0.25) is 5.43 Å². The quantitative estimate of drug-likeness (QED) is 0.929. The number of ether oxygens (including phenoxy) is 1. The first-order valence-electron chi connectivity index (χ1n) is 5.83. The SMILES string of the molecule is COc1cn(C)c(C(=O)Nc2ccc(F)cc2)cc1=O. The molecule has 2 rings (SSSR count). The van der Waals surface area contributed by atoms with Crippen LogP contribution >= 0.6 is 0 Å². The summed E-state index contributed by atoms with van der Waals surface area (Å²) >= 11 is 0. The second-order valence-electron chi connectivity index (χ2n) is 4.16. The molecular formula is C14H13FN2O3. The van der Waals surface area contributed by atoms with E-state index in [0.29, 0.717) is 5.69 Å². The number of pyridine rings is 1. The molecule has 0 aliphatic heterocycles. The highest BCUT2D eigenvalue weighted by atomic mass is 19.1. The lowest BCUT2D eigenvalue weighted by Gasteiger charge is -2.10. The fraction of sp³-hybridized carbons (Fsp3) is 0.143. The van der Waals surface area contributed by atoms with Crippen molar-refractivity contribution in [2.24, 2.45) is 7.05 Å². The second kappa shape index (κ2) is 5.56. The van der Waals surface area contributed by atoms with E-state index in [2.05, 4.69) is 5.32 Å². The van der Waals surface area contributed by atoms with Gasteiger partial charge in [-0.3, -0.25) is 9.59 Å². The highest BCUT2D eigenvalue weighted by Crippen LogP contribution is 2.11. The van der Waals surface area contributed by atoms with Crippen LogP contribution < -0.4 is 15.5 Å². The predicted octanol–water partition coefficient (Wildman–Crippen LogP) is 1.79. The number of aryl methyl sites for hydroxylation is 1. The van der Waals surface area contributed by atoms with Crippen LogP contribution in [-0.2, 0) is 7.05 Å². The number of hydrogen-bond acceptors (Lipinski definition) is 3. The summed E-state index contributed by atoms with van der Waals surface area (Å²) in [6.07, 6.45) is 1.43. The molecule has 2 aromatic rings. The average Bonchev–Trinajstić information content (AvgIpc) is 2.43. The van der Waals surface area contributed by atoms with Gasteiger partial charge < -0.3 is 14.6 Å². The van der Waals surface area contributed by atoms with E-state index in [9.17, 15) is 14.0 Å². The fourth-order valence-electron chi connectivity index (χ4n) is 1.71. The fourth-order valence-corrected chi connectivity index (χ4v) is 1.71. The summed E-state index contributed by atoms with van der Waals surface area (Å²) in [7, 11) is 3.01. The van der Waals surface area contributed by atoms with E-state index in [1.807, 2.05) is 0 Å². The Morgan fingerprint density at radius 2 is 1.95 bits per heavy atom. The van der Waals surface area contributed by atoms with Gasteiger partial charge in [0.15, 0.2) is 5.75 Å². The van der Waals surface area contributed by atoms with Gasteiger partial charge in [-0.1, -0.05) is 0 Å². The maximum absolute atomic E-state index is 12.8. The Morgan fingerprint density at radius 1 is 1.30 bits per heavy atom. The third-order valence-electron chi connectivity index (χ3n) is 2.76. The van der Waals surface area contributed by atoms with Gasteiger partial charge >= 0.3 is 0 Å². The Hall–Kier alpha value is -2.63. The van der Waals surface area contributed by atoms with Gasteiger partial charge in [-0.05, 0) is 24.3 Å². The Balaban J connectivity index is 2.27. The number of methoxy groups -OCH3 is 1. The topological polar surface area (TPSA) is 60.3 Å². The largest absolute Gasteiger partial charge is 0.491 e. The summed E-state index contributed by atoms with van der Waals surface area (Å²) < 4.78 is 19.1. The van der Waals surface area contributed by atoms with Gasteiger partial charge in [-0.2, -0.15) is 0 Å². The molecule has 0 atom stereocenters. The van der Waals surface area contributed by atoms with Gasteiger partial charge in [-0.15, -0.1) is 0 Å². The maximum atomic E-state index is 12.8. The van der Waals surface area contributed by atoms with Crippen molar-refractivity contribution in [1.29, 1.82) is 0 Å². The number of aromatic nitrogens is 1. The molecule has 20 heavy (non-hydrogen) atoms. The van der Waals surface area contributed by atoms with Gasteiger partial charge in [0.1, 0.15) is 11.5 Å². The summed E-state index contributed by atoms with van der Waals surface area (Å²) in [5.41, 5.74) is 0.245. The van der Waals surface area contributed by atoms with Crippen LogP contribution in [-0.4, -0.2) is 17.6 Å². The molecule has 1 heterocycles. The molecule has 1 aromatic carbocycles. The zero-order chi connectivity index (χ0) is 14.7. The molecule has 0 bridgehead atoms. The number of nitrogens with zero attached hydrogens (tertiary/aromatic N) is 1. The molecule has 1 N–H and O–H groups in total. The Labute approximate surface area is 114 Å². The van der Waals surface area contributed by atoms with Crippen molar-refractivity contribution in [2.75, 3.05) is 12.4 Å². The molecule has 0 spiro atoms. The Kier molecular flexibility index (Phi) is 3.84. The smallest absolute Gasteiger partial charge is 0.272 e. The van der Waals surface area contributed by atoms with E-state index in [0.717, 1.165) is 0 Å². The molecule has 5 nitrogen and oxygen atoms in total. The van der Waals surface area contributed by atoms with E-state index in [1.54, 1.807) is 7.05 Å². The first-order chi connectivity index (χ1) is 9.51. The second-order valence-corrected chi connectivity index (χ2v) is 4.16. The molecule has 0 aliphatic rings. The number of amides is 1. The molecular weight excluding hydrogens is 263 g/mol. The molecule has 0 saturated heterocycles. The summed E-state index contributed by atoms with van der Waals surface area (Å²) in [4.78, 5) is 23.7. The average molecular weight is 276 g/mol. The number of nitrogens with one attached hydrogen (secondary N) is 1. The lowest BCUT2D eigenvalue weighted by atomic mass is 10.2. The minimum absolute atomic E-state index is 0.158. The summed E-state index contributed by atoms with van der Waals surface area (Å²) in [5.74, 6) is -0.690. The van der Waals surface area contributed by atoms with Gasteiger partial charge in [0.25, 0.3) is 5.91 Å². The molecule has 6 heteroatoms. The van der Waals surface area contributed by atoms with E-state index >= 15 is 0 Å². The molecule has 1 aromatic heterocycles. The van der Waals surface area contributed by atoms with Crippen LogP contribution in [0.25, 0.3) is 0 Å². The van der Waals surface area contributed by atoms with E-state index < -0.39 is 5.91 Å². The third-order valence-corrected chi connectivity index (χ3v) is 2.76. The summed E-state index contributed by atoms with van der Waals surface area (Å²) in [5, 5.41) is 2.58. The van der Waals surface area contributed by atoms with Crippen LogP contribution in [0, 0.1) is 5.82 Å². The van der Waals surface area contributed by atoms with Crippen LogP contribution in [0.1, 0.15) is 10.5 Å². The number of carbonyl (C=O) groups excluding carboxylic acids is 1. The highest BCUT2D eigenvalue weighted by Gasteiger charge is 2.12. The lowest BCUT2D eigenvalue weighted by Crippen LogP contribution is -2.21. The van der Waals surface area contributed by atoms with Gasteiger partial charge in [0.05, 0.1) is 13.3 Å². The lowest BCUT2D eigenvalue weighted by molar-refractivity contribution is 0.101. The predicted molar refractivity (Wildman–Crippen MR) is 72.6 cm³/mol. The van der Waals surface area contributed by atoms with Crippen molar-refractivity contribution >= 4 is 11.6 Å². The number of benzene rings is 1. The maximum Gasteiger partial charge on any atom is 0.272 e. The van der Waals surface area contributed by atoms with Crippen molar-refractivity contribution in [3.8, 4) is 5.75 Å². The van der Waals surface area contributed by atoms with E-state index in [1.165, 1.54) is 48.2 Å². The van der Waals surface area contributed by atoms with Crippen LogP contribution in [0.2, 0.25) is 0 Å². The highest BCUT2D eigenvalue weighted by molar-refractivity contribution is 6.03. The van der Waals surface area contributed by atoms with Crippen LogP contribution in [0.3, 0.4) is 0 Å². The molecule has 0 saturated carbocycles. The minimum Gasteiger partial charge on any atom is -0.491 e. The van der Waals surface area contributed by atoms with Crippen LogP contribution in [0.4, 0.5) is 10.1 Å². The zero-order valence-electron chi connectivity index (χ0n) is 11.0. The first kappa shape index (κ1) is 13.8. The van der Waals surface area contributed by atoms with Crippen molar-refractivity contribution < 1.29 is 13.9 Å². The van der Waals surface area contributed by atoms with Crippen molar-refractivity contribution in [3.05, 3.63) is 58.3 Å². The first-order valence-corrected chi connectivity index (χ1v) is 5.83. The number of hydrogen-bond donors (Lipinski definition) is 1. The molecule has 104 valence electrons. The Bertz CT molecular complexity index is 693. The number of carbonyl (C=O) groups is 1. The van der Waals surface area contributed by atoms with Crippen molar-refractivity contribution in [2.45, 2.75) is 0 Å². The van der Waals surface area contributed by atoms with Gasteiger partial charge in [0, 0.05) is 18.8 Å². The standard InChI is InChI=1S/C14H13FN2O3/c1-17-8-13(20-2)12(18)7-11(17)14(19)16-10-5-3-9(15)4-6-10/h3-8H,1-2H3,(H,16,19). The number of halogens is 1. The number of rotatable bonds is 3. The Morgan fingerprint density at radius 3 is 2.55 bits per heavy atom. The van der Waals surface area contributed by atoms with Crippen molar-refractivity contribution in [3.63, 3.8) is 0 Å². The van der Waals surface area contributed by atoms with E-state index in [-0.39, 0.29) is 22.7 Å². The zero-order valence-corrected chi connectivity index (χ0v) is 11.0. The van der Waals surface area contributed by atoms with Crippen molar-refractivity contribution in [1.82, 2.24) is 4.57 Å². The third kappa shape index (κ3) is 2.85. The van der Waals surface area contributed by atoms with Crippen LogP contribution in [0.15, 0.2) is 41.3 Å². The summed E-state index contributed by atoms with van der Waals surface area (Å²) in [6.45, 7) is 0. The normalized spacial score (nSPS) is 10.2. The number of anilines is 1. The minimum atomic E-state index is -0.459. The van der Waals surface area contributed by atoms with E-state index in [4.69, 9.17) is 4.74 Å². The molecule has 0 fully saturated rings. The monoisotopic (exact) mass is 276 g/mol. The van der Waals surface area contributed by atoms with Crippen LogP contribution in [0.5, 0.6) is 5.75 Å². The molecule has 0 radical (unpaired) electrons. The van der Waals surface area contributed by atoms with Gasteiger partial charge in [-0.25, -0.2) is 4.39 Å². The summed E-state index contributed by atoms with van der Waals surface area (Å²) in [6, 6.07) is 6.55.